The molecule has 7 heteroatoms. The summed E-state index contributed by atoms with van der Waals surface area (Å²) in [6, 6.07) is -0.979. The lowest BCUT2D eigenvalue weighted by molar-refractivity contribution is -0.0934. The van der Waals surface area contributed by atoms with E-state index in [2.05, 4.69) is 6.58 Å². The predicted molar refractivity (Wildman–Crippen MR) is 67.1 cm³/mol. The first kappa shape index (κ1) is 13.8. The van der Waals surface area contributed by atoms with Gasteiger partial charge in [-0.1, -0.05) is 13.0 Å². The number of urea groups is 2. The van der Waals surface area contributed by atoms with Crippen LogP contribution in [0, 0.1) is 0 Å². The zero-order valence-corrected chi connectivity index (χ0v) is 11.0. The molecule has 7 nitrogen and oxygen atoms in total. The summed E-state index contributed by atoms with van der Waals surface area (Å²) < 4.78 is 5.08. The van der Waals surface area contributed by atoms with Crippen LogP contribution in [-0.4, -0.2) is 70.6 Å². The summed E-state index contributed by atoms with van der Waals surface area (Å²) in [5, 5.41) is 10.2. The van der Waals surface area contributed by atoms with Gasteiger partial charge in [0.25, 0.3) is 0 Å². The summed E-state index contributed by atoms with van der Waals surface area (Å²) in [7, 11) is 0. The zero-order chi connectivity index (χ0) is 14.0. The van der Waals surface area contributed by atoms with Crippen LogP contribution < -0.4 is 0 Å². The average Bonchev–Trinajstić information content (AvgIpc) is 3.20. The van der Waals surface area contributed by atoms with Gasteiger partial charge in [0, 0.05) is 6.54 Å². The topological polar surface area (TPSA) is 76.6 Å². The van der Waals surface area contributed by atoms with Gasteiger partial charge in [0.05, 0.1) is 25.8 Å². The Morgan fingerprint density at radius 3 is 2.58 bits per heavy atom. The number of aliphatic hydroxyl groups excluding tert-OH is 1. The van der Waals surface area contributed by atoms with E-state index in [9.17, 15) is 14.7 Å². The Balaban J connectivity index is 2.18. The van der Waals surface area contributed by atoms with Gasteiger partial charge in [0.2, 0.25) is 6.35 Å². The van der Waals surface area contributed by atoms with Crippen molar-refractivity contribution in [2.45, 2.75) is 25.8 Å². The zero-order valence-electron chi connectivity index (χ0n) is 11.0. The van der Waals surface area contributed by atoms with E-state index < -0.39 is 18.4 Å². The molecule has 106 valence electrons. The third kappa shape index (κ3) is 2.71. The smallest absolute Gasteiger partial charge is 0.332 e. The molecule has 0 spiro atoms. The van der Waals surface area contributed by atoms with Gasteiger partial charge in [0.1, 0.15) is 0 Å². The molecule has 2 heterocycles. The van der Waals surface area contributed by atoms with Gasteiger partial charge in [-0.05, 0) is 6.42 Å². The minimum atomic E-state index is -1.22. The summed E-state index contributed by atoms with van der Waals surface area (Å²) in [6.07, 6.45) is 0.932. The van der Waals surface area contributed by atoms with E-state index in [0.717, 1.165) is 4.90 Å². The van der Waals surface area contributed by atoms with Crippen molar-refractivity contribution in [3.63, 3.8) is 0 Å². The lowest BCUT2D eigenvalue weighted by atomic mass is 10.3. The molecule has 2 unspecified atom stereocenters. The average molecular weight is 269 g/mol. The summed E-state index contributed by atoms with van der Waals surface area (Å²) in [5.74, 6) is 0. The molecule has 0 aromatic carbocycles. The summed E-state index contributed by atoms with van der Waals surface area (Å²) in [6.45, 7) is 6.85. The second-order valence-electron chi connectivity index (χ2n) is 4.61. The molecule has 2 aliphatic rings. The number of hydrogen-bond donors (Lipinski definition) is 1. The largest absolute Gasteiger partial charge is 0.371 e. The van der Waals surface area contributed by atoms with Crippen LogP contribution in [0.1, 0.15) is 13.3 Å². The molecule has 2 atom stereocenters. The molecule has 0 aromatic rings. The first-order valence-corrected chi connectivity index (χ1v) is 6.39. The SMILES string of the molecule is C=CCN1C(=O)N(CCC)C(O)N(CC2CO2)C1=O. The van der Waals surface area contributed by atoms with E-state index in [1.54, 1.807) is 0 Å². The molecule has 0 radical (unpaired) electrons. The Morgan fingerprint density at radius 2 is 2.05 bits per heavy atom. The van der Waals surface area contributed by atoms with Crippen LogP contribution in [0.15, 0.2) is 12.7 Å². The highest BCUT2D eigenvalue weighted by Crippen LogP contribution is 2.21. The first-order chi connectivity index (χ1) is 9.10. The molecule has 19 heavy (non-hydrogen) atoms. The molecule has 4 amide bonds. The number of imide groups is 1. The Morgan fingerprint density at radius 1 is 1.42 bits per heavy atom. The minimum absolute atomic E-state index is 0.0409. The molecule has 2 fully saturated rings. The molecular weight excluding hydrogens is 250 g/mol. The fourth-order valence-corrected chi connectivity index (χ4v) is 2.06. The number of hydrogen-bond acceptors (Lipinski definition) is 4. The van der Waals surface area contributed by atoms with Crippen LogP contribution in [0.2, 0.25) is 0 Å². The van der Waals surface area contributed by atoms with Crippen molar-refractivity contribution in [3.8, 4) is 0 Å². The van der Waals surface area contributed by atoms with E-state index in [-0.39, 0.29) is 12.6 Å². The fourth-order valence-electron chi connectivity index (χ4n) is 2.06. The van der Waals surface area contributed by atoms with Crippen molar-refractivity contribution in [1.82, 2.24) is 14.7 Å². The Hall–Kier alpha value is -1.60. The fraction of sp³-hybridized carbons (Fsp3) is 0.667. The van der Waals surface area contributed by atoms with E-state index in [0.29, 0.717) is 26.1 Å². The number of rotatable bonds is 6. The number of aliphatic hydroxyl groups is 1. The van der Waals surface area contributed by atoms with E-state index in [1.807, 2.05) is 6.92 Å². The van der Waals surface area contributed by atoms with Crippen molar-refractivity contribution < 1.29 is 19.4 Å². The van der Waals surface area contributed by atoms with Crippen LogP contribution in [0.5, 0.6) is 0 Å². The molecule has 2 saturated heterocycles. The maximum absolute atomic E-state index is 12.2. The lowest BCUT2D eigenvalue weighted by Gasteiger charge is -2.44. The molecular formula is C12H19N3O4. The molecule has 0 aromatic heterocycles. The first-order valence-electron chi connectivity index (χ1n) is 6.39. The molecule has 2 rings (SSSR count). The molecule has 2 aliphatic heterocycles. The molecule has 1 N–H and O–H groups in total. The van der Waals surface area contributed by atoms with E-state index in [1.165, 1.54) is 15.9 Å². The van der Waals surface area contributed by atoms with Gasteiger partial charge in [-0.25, -0.2) is 14.5 Å². The van der Waals surface area contributed by atoms with Crippen molar-refractivity contribution in [2.75, 3.05) is 26.2 Å². The Kier molecular flexibility index (Phi) is 4.06. The summed E-state index contributed by atoms with van der Waals surface area (Å²) >= 11 is 0. The Bertz CT molecular complexity index is 383. The number of carbonyl (C=O) groups excluding carboxylic acids is 2. The Labute approximate surface area is 112 Å². The number of carbonyl (C=O) groups is 2. The number of ether oxygens (including phenoxy) is 1. The molecule has 0 saturated carbocycles. The summed E-state index contributed by atoms with van der Waals surface area (Å²) in [5.41, 5.74) is 0. The number of amides is 4. The minimum Gasteiger partial charge on any atom is -0.371 e. The standard InChI is InChI=1S/C12H19N3O4/c1-3-5-13-10(16)14(6-4-2)12(18)15(11(13)17)7-9-8-19-9/h3,9,12,18H,1,4-8H2,2H3. The highest BCUT2D eigenvalue weighted by Gasteiger charge is 2.44. The third-order valence-corrected chi connectivity index (χ3v) is 3.09. The van der Waals surface area contributed by atoms with Crippen molar-refractivity contribution in [1.29, 1.82) is 0 Å². The van der Waals surface area contributed by atoms with Crippen LogP contribution in [0.3, 0.4) is 0 Å². The van der Waals surface area contributed by atoms with Gasteiger partial charge >= 0.3 is 12.1 Å². The van der Waals surface area contributed by atoms with Gasteiger partial charge in [-0.2, -0.15) is 0 Å². The van der Waals surface area contributed by atoms with Gasteiger partial charge in [-0.15, -0.1) is 6.58 Å². The van der Waals surface area contributed by atoms with Crippen LogP contribution in [-0.2, 0) is 4.74 Å². The second kappa shape index (κ2) is 5.58. The van der Waals surface area contributed by atoms with Crippen molar-refractivity contribution in [3.05, 3.63) is 12.7 Å². The van der Waals surface area contributed by atoms with E-state index in [4.69, 9.17) is 4.74 Å². The monoisotopic (exact) mass is 269 g/mol. The third-order valence-electron chi connectivity index (χ3n) is 3.09. The van der Waals surface area contributed by atoms with Crippen LogP contribution in [0.4, 0.5) is 9.59 Å². The van der Waals surface area contributed by atoms with Gasteiger partial charge in [-0.3, -0.25) is 9.80 Å². The molecule has 0 aliphatic carbocycles. The second-order valence-corrected chi connectivity index (χ2v) is 4.61. The van der Waals surface area contributed by atoms with Crippen molar-refractivity contribution in [2.24, 2.45) is 0 Å². The van der Waals surface area contributed by atoms with Gasteiger partial charge < -0.3 is 9.84 Å². The highest BCUT2D eigenvalue weighted by molar-refractivity contribution is 5.96. The molecule has 0 bridgehead atoms. The van der Waals surface area contributed by atoms with Crippen LogP contribution >= 0.6 is 0 Å². The number of nitrogens with zero attached hydrogens (tertiary/aromatic N) is 3. The van der Waals surface area contributed by atoms with Crippen molar-refractivity contribution >= 4 is 12.1 Å². The lowest BCUT2D eigenvalue weighted by Crippen LogP contribution is -2.66. The maximum Gasteiger partial charge on any atom is 0.332 e. The predicted octanol–water partition coefficient (Wildman–Crippen LogP) is 0.417. The number of epoxide rings is 1. The van der Waals surface area contributed by atoms with E-state index >= 15 is 0 Å². The highest BCUT2D eigenvalue weighted by atomic mass is 16.6. The quantitative estimate of drug-likeness (QED) is 0.560. The normalized spacial score (nSPS) is 26.9. The maximum atomic E-state index is 12.2. The van der Waals surface area contributed by atoms with Crippen LogP contribution in [0.25, 0.3) is 0 Å². The summed E-state index contributed by atoms with van der Waals surface area (Å²) in [4.78, 5) is 28.0. The van der Waals surface area contributed by atoms with Gasteiger partial charge in [0.15, 0.2) is 0 Å².